The molecule has 1 aromatic carbocycles. The molecule has 0 saturated carbocycles. The standard InChI is InChI=1S/C9H6O6.Co/c10-7(11)4-1-2-5(8(12)13)6(3-4)9(14)15;/h1-3H,(H,10,11)(H,12,13)(H,14,15);. The third kappa shape index (κ3) is 2.81. The molecular formula is C9H6CoO6. The van der Waals surface area contributed by atoms with Gasteiger partial charge in [-0.25, -0.2) is 14.4 Å². The quantitative estimate of drug-likeness (QED) is 0.747. The van der Waals surface area contributed by atoms with Gasteiger partial charge in [-0.3, -0.25) is 0 Å². The second-order valence-corrected chi connectivity index (χ2v) is 2.68. The molecule has 87 valence electrons. The average Bonchev–Trinajstić information content (AvgIpc) is 2.16. The molecular weight excluding hydrogens is 263 g/mol. The monoisotopic (exact) mass is 269 g/mol. The van der Waals surface area contributed by atoms with Crippen LogP contribution in [-0.4, -0.2) is 33.2 Å². The summed E-state index contributed by atoms with van der Waals surface area (Å²) in [5.74, 6) is -4.20. The van der Waals surface area contributed by atoms with Crippen molar-refractivity contribution in [2.24, 2.45) is 0 Å². The third-order valence-electron chi connectivity index (χ3n) is 1.73. The molecule has 0 fully saturated rings. The first-order valence-corrected chi connectivity index (χ1v) is 3.77. The molecule has 0 unspecified atom stereocenters. The Balaban J connectivity index is 0.00000225. The van der Waals surface area contributed by atoms with Gasteiger partial charge in [-0.1, -0.05) is 0 Å². The van der Waals surface area contributed by atoms with Gasteiger partial charge in [0, 0.05) is 16.8 Å². The fourth-order valence-corrected chi connectivity index (χ4v) is 1.04. The number of carboxylic acid groups (broad SMARTS) is 3. The number of hydrogen-bond acceptors (Lipinski definition) is 3. The number of hydrogen-bond donors (Lipinski definition) is 3. The zero-order valence-electron chi connectivity index (χ0n) is 7.63. The summed E-state index contributed by atoms with van der Waals surface area (Å²) in [6, 6.07) is 2.81. The molecule has 0 bridgehead atoms. The molecule has 3 N–H and O–H groups in total. The van der Waals surface area contributed by atoms with Crippen molar-refractivity contribution in [1.82, 2.24) is 0 Å². The summed E-state index contributed by atoms with van der Waals surface area (Å²) in [5, 5.41) is 25.9. The molecule has 0 amide bonds. The first-order chi connectivity index (χ1) is 6.93. The predicted octanol–water partition coefficient (Wildman–Crippen LogP) is 0.779. The van der Waals surface area contributed by atoms with Gasteiger partial charge < -0.3 is 15.3 Å². The molecule has 0 aliphatic heterocycles. The molecule has 16 heavy (non-hydrogen) atoms. The smallest absolute Gasteiger partial charge is 0.336 e. The van der Waals surface area contributed by atoms with Crippen LogP contribution in [0.5, 0.6) is 0 Å². The van der Waals surface area contributed by atoms with Crippen molar-refractivity contribution in [2.45, 2.75) is 0 Å². The Bertz CT molecular complexity index is 453. The Labute approximate surface area is 99.7 Å². The van der Waals surface area contributed by atoms with E-state index >= 15 is 0 Å². The Morgan fingerprint density at radius 3 is 1.69 bits per heavy atom. The Morgan fingerprint density at radius 2 is 1.31 bits per heavy atom. The maximum atomic E-state index is 10.6. The largest absolute Gasteiger partial charge is 0.478 e. The third-order valence-corrected chi connectivity index (χ3v) is 1.73. The van der Waals surface area contributed by atoms with E-state index in [2.05, 4.69) is 0 Å². The maximum Gasteiger partial charge on any atom is 0.336 e. The van der Waals surface area contributed by atoms with E-state index in [1.54, 1.807) is 0 Å². The molecule has 0 aliphatic carbocycles. The van der Waals surface area contributed by atoms with E-state index in [9.17, 15) is 14.4 Å². The van der Waals surface area contributed by atoms with Crippen LogP contribution in [0.25, 0.3) is 0 Å². The summed E-state index contributed by atoms with van der Waals surface area (Å²) < 4.78 is 0. The summed E-state index contributed by atoms with van der Waals surface area (Å²) in [7, 11) is 0. The first kappa shape index (κ1) is 14.1. The second kappa shape index (κ2) is 5.28. The Morgan fingerprint density at radius 1 is 0.812 bits per heavy atom. The molecule has 1 radical (unpaired) electrons. The normalized spacial score (nSPS) is 9.00. The van der Waals surface area contributed by atoms with Crippen molar-refractivity contribution < 1.29 is 46.5 Å². The van der Waals surface area contributed by atoms with Crippen molar-refractivity contribution >= 4 is 17.9 Å². The van der Waals surface area contributed by atoms with Gasteiger partial charge in [0.15, 0.2) is 0 Å². The van der Waals surface area contributed by atoms with Crippen LogP contribution in [0.1, 0.15) is 31.1 Å². The number of carboxylic acids is 3. The minimum absolute atomic E-state index is 0. The zero-order valence-corrected chi connectivity index (χ0v) is 8.67. The van der Waals surface area contributed by atoms with Crippen LogP contribution < -0.4 is 0 Å². The van der Waals surface area contributed by atoms with E-state index in [-0.39, 0.29) is 22.3 Å². The summed E-state index contributed by atoms with van der Waals surface area (Å²) in [6.07, 6.45) is 0. The van der Waals surface area contributed by atoms with Crippen LogP contribution in [0.15, 0.2) is 18.2 Å². The van der Waals surface area contributed by atoms with Crippen LogP contribution in [-0.2, 0) is 16.8 Å². The first-order valence-electron chi connectivity index (χ1n) is 3.77. The molecule has 0 spiro atoms. The Kier molecular flexibility index (Phi) is 4.67. The molecule has 1 aromatic rings. The number of benzene rings is 1. The van der Waals surface area contributed by atoms with Gasteiger partial charge in [0.1, 0.15) is 0 Å². The van der Waals surface area contributed by atoms with Crippen molar-refractivity contribution in [3.8, 4) is 0 Å². The summed E-state index contributed by atoms with van der Waals surface area (Å²) >= 11 is 0. The van der Waals surface area contributed by atoms with Crippen molar-refractivity contribution in [1.29, 1.82) is 0 Å². The summed E-state index contributed by atoms with van der Waals surface area (Å²) in [6.45, 7) is 0. The molecule has 1 rings (SSSR count). The Hall–Kier alpha value is -1.86. The van der Waals surface area contributed by atoms with Gasteiger partial charge in [0.25, 0.3) is 0 Å². The molecule has 0 atom stereocenters. The minimum atomic E-state index is -1.48. The van der Waals surface area contributed by atoms with Crippen LogP contribution in [0.2, 0.25) is 0 Å². The summed E-state index contributed by atoms with van der Waals surface area (Å²) in [5.41, 5.74) is -1.24. The van der Waals surface area contributed by atoms with Crippen LogP contribution in [0.3, 0.4) is 0 Å². The predicted molar refractivity (Wildman–Crippen MR) is 47.3 cm³/mol. The van der Waals surface area contributed by atoms with Crippen molar-refractivity contribution in [2.75, 3.05) is 0 Å². The van der Waals surface area contributed by atoms with E-state index in [4.69, 9.17) is 15.3 Å². The van der Waals surface area contributed by atoms with Crippen molar-refractivity contribution in [3.63, 3.8) is 0 Å². The van der Waals surface area contributed by atoms with E-state index in [1.165, 1.54) is 0 Å². The topological polar surface area (TPSA) is 112 Å². The second-order valence-electron chi connectivity index (χ2n) is 2.68. The molecule has 0 heterocycles. The molecule has 6 nitrogen and oxygen atoms in total. The average molecular weight is 269 g/mol. The molecule has 0 aromatic heterocycles. The SMILES string of the molecule is O=C(O)c1ccc(C(=O)O)c(C(=O)O)c1.[Co]. The van der Waals surface area contributed by atoms with Gasteiger partial charge >= 0.3 is 17.9 Å². The van der Waals surface area contributed by atoms with Crippen molar-refractivity contribution in [3.05, 3.63) is 34.9 Å². The van der Waals surface area contributed by atoms with E-state index < -0.39 is 29.0 Å². The van der Waals surface area contributed by atoms with Gasteiger partial charge in [-0.15, -0.1) is 0 Å². The van der Waals surface area contributed by atoms with Gasteiger partial charge in [0.2, 0.25) is 0 Å². The van der Waals surface area contributed by atoms with Gasteiger partial charge in [-0.05, 0) is 18.2 Å². The van der Waals surface area contributed by atoms with E-state index in [0.29, 0.717) is 0 Å². The molecule has 7 heteroatoms. The fraction of sp³-hybridized carbons (Fsp3) is 0. The number of rotatable bonds is 3. The van der Waals surface area contributed by atoms with E-state index in [0.717, 1.165) is 18.2 Å². The molecule has 0 saturated heterocycles. The van der Waals surface area contributed by atoms with Crippen LogP contribution in [0, 0.1) is 0 Å². The maximum absolute atomic E-state index is 10.6. The number of aromatic carboxylic acids is 3. The van der Waals surface area contributed by atoms with Gasteiger partial charge in [0.05, 0.1) is 16.7 Å². The van der Waals surface area contributed by atoms with Crippen LogP contribution >= 0.6 is 0 Å². The van der Waals surface area contributed by atoms with Crippen LogP contribution in [0.4, 0.5) is 0 Å². The summed E-state index contributed by atoms with van der Waals surface area (Å²) in [4.78, 5) is 31.8. The van der Waals surface area contributed by atoms with E-state index in [1.807, 2.05) is 0 Å². The fourth-order valence-electron chi connectivity index (χ4n) is 1.04. The molecule has 0 aliphatic rings. The zero-order chi connectivity index (χ0) is 11.6. The minimum Gasteiger partial charge on any atom is -0.478 e. The van der Waals surface area contributed by atoms with Gasteiger partial charge in [-0.2, -0.15) is 0 Å². The number of carbonyl (C=O) groups is 3.